The van der Waals surface area contributed by atoms with Crippen molar-refractivity contribution in [2.45, 2.75) is 6.42 Å². The summed E-state index contributed by atoms with van der Waals surface area (Å²) in [7, 11) is 1.31. The third-order valence-corrected chi connectivity index (χ3v) is 2.13. The molecule has 0 aliphatic rings. The van der Waals surface area contributed by atoms with Gasteiger partial charge in [0, 0.05) is 5.57 Å². The summed E-state index contributed by atoms with van der Waals surface area (Å²) in [6.45, 7) is 0. The van der Waals surface area contributed by atoms with E-state index >= 15 is 0 Å². The van der Waals surface area contributed by atoms with Crippen LogP contribution in [-0.2, 0) is 9.59 Å². The molecule has 0 saturated heterocycles. The van der Waals surface area contributed by atoms with Gasteiger partial charge in [-0.05, 0) is 23.8 Å². The van der Waals surface area contributed by atoms with Crippen LogP contribution in [0.5, 0.6) is 5.75 Å². The molecule has 0 radical (unpaired) electrons. The summed E-state index contributed by atoms with van der Waals surface area (Å²) in [5.74, 6) is -3.24. The Labute approximate surface area is 102 Å². The molecular formula is C12H11FO5. The lowest BCUT2D eigenvalue weighted by atomic mass is 10.1. The summed E-state index contributed by atoms with van der Waals surface area (Å²) in [6.07, 6.45) is 0.474. The van der Waals surface area contributed by atoms with Crippen LogP contribution < -0.4 is 4.74 Å². The molecule has 5 nitrogen and oxygen atoms in total. The lowest BCUT2D eigenvalue weighted by molar-refractivity contribution is -0.139. The highest BCUT2D eigenvalue weighted by Gasteiger charge is 2.12. The molecule has 18 heavy (non-hydrogen) atoms. The third-order valence-electron chi connectivity index (χ3n) is 2.13. The average Bonchev–Trinajstić information content (AvgIpc) is 2.27. The highest BCUT2D eigenvalue weighted by Crippen LogP contribution is 2.20. The Morgan fingerprint density at radius 3 is 2.50 bits per heavy atom. The first kappa shape index (κ1) is 13.7. The molecule has 0 fully saturated rings. The summed E-state index contributed by atoms with van der Waals surface area (Å²) < 4.78 is 18.1. The average molecular weight is 254 g/mol. The number of benzene rings is 1. The van der Waals surface area contributed by atoms with E-state index in [1.807, 2.05) is 0 Å². The first-order valence-corrected chi connectivity index (χ1v) is 4.93. The fourth-order valence-corrected chi connectivity index (χ4v) is 1.32. The van der Waals surface area contributed by atoms with Gasteiger partial charge in [0.1, 0.15) is 0 Å². The Hall–Kier alpha value is -2.37. The van der Waals surface area contributed by atoms with Gasteiger partial charge in [-0.3, -0.25) is 4.79 Å². The summed E-state index contributed by atoms with van der Waals surface area (Å²) in [5, 5.41) is 17.4. The number of ether oxygens (including phenoxy) is 1. The minimum atomic E-state index is -1.35. The molecule has 0 aliphatic heterocycles. The van der Waals surface area contributed by atoms with Crippen molar-refractivity contribution >= 4 is 18.0 Å². The maximum absolute atomic E-state index is 13.3. The number of aliphatic carboxylic acids is 2. The molecule has 1 aromatic rings. The van der Waals surface area contributed by atoms with Gasteiger partial charge in [0.2, 0.25) is 0 Å². The van der Waals surface area contributed by atoms with Crippen LogP contribution in [0.4, 0.5) is 4.39 Å². The van der Waals surface area contributed by atoms with E-state index in [0.717, 1.165) is 12.1 Å². The van der Waals surface area contributed by atoms with Gasteiger partial charge in [-0.2, -0.15) is 0 Å². The molecule has 0 heterocycles. The Bertz CT molecular complexity index is 507. The maximum Gasteiger partial charge on any atom is 0.332 e. The number of halogens is 1. The molecule has 0 aromatic heterocycles. The van der Waals surface area contributed by atoms with Crippen LogP contribution >= 0.6 is 0 Å². The molecule has 96 valence electrons. The Morgan fingerprint density at radius 2 is 2.06 bits per heavy atom. The van der Waals surface area contributed by atoms with Gasteiger partial charge in [0.25, 0.3) is 0 Å². The zero-order chi connectivity index (χ0) is 13.7. The van der Waals surface area contributed by atoms with Crippen molar-refractivity contribution < 1.29 is 28.9 Å². The second-order valence-electron chi connectivity index (χ2n) is 3.44. The maximum atomic E-state index is 13.3. The molecule has 0 bridgehead atoms. The summed E-state index contributed by atoms with van der Waals surface area (Å²) in [5.41, 5.74) is -0.0704. The van der Waals surface area contributed by atoms with Crippen LogP contribution in [0.1, 0.15) is 12.0 Å². The Kier molecular flexibility index (Phi) is 4.42. The quantitative estimate of drug-likeness (QED) is 0.782. The molecule has 6 heteroatoms. The van der Waals surface area contributed by atoms with Crippen molar-refractivity contribution in [2.75, 3.05) is 7.11 Å². The van der Waals surface area contributed by atoms with E-state index in [-0.39, 0.29) is 16.9 Å². The second-order valence-corrected chi connectivity index (χ2v) is 3.44. The Morgan fingerprint density at radius 1 is 1.39 bits per heavy atom. The molecule has 0 aliphatic carbocycles. The van der Waals surface area contributed by atoms with Crippen LogP contribution in [0.2, 0.25) is 0 Å². The molecule has 0 saturated carbocycles. The molecular weight excluding hydrogens is 243 g/mol. The zero-order valence-corrected chi connectivity index (χ0v) is 9.51. The van der Waals surface area contributed by atoms with Crippen LogP contribution in [0, 0.1) is 5.82 Å². The molecule has 0 atom stereocenters. The summed E-state index contributed by atoms with van der Waals surface area (Å²) in [6, 6.07) is 3.84. The van der Waals surface area contributed by atoms with Crippen molar-refractivity contribution in [1.29, 1.82) is 0 Å². The standard InChI is InChI=1S/C12H11FO5/c1-18-10-3-2-7(5-9(10)13)4-8(12(16)17)6-11(14)15/h2-5H,6H2,1H3,(H,14,15)(H,16,17)/b8-4+. The zero-order valence-electron chi connectivity index (χ0n) is 9.51. The third kappa shape index (κ3) is 3.58. The Balaban J connectivity index is 3.08. The van der Waals surface area contributed by atoms with Crippen LogP contribution in [0.15, 0.2) is 23.8 Å². The van der Waals surface area contributed by atoms with Gasteiger partial charge >= 0.3 is 11.9 Å². The summed E-state index contributed by atoms with van der Waals surface area (Å²) >= 11 is 0. The molecule has 1 aromatic carbocycles. The van der Waals surface area contributed by atoms with Crippen LogP contribution in [-0.4, -0.2) is 29.3 Å². The van der Waals surface area contributed by atoms with Crippen molar-refractivity contribution in [3.05, 3.63) is 35.2 Å². The largest absolute Gasteiger partial charge is 0.494 e. The number of hydrogen-bond acceptors (Lipinski definition) is 3. The number of hydrogen-bond donors (Lipinski definition) is 2. The van der Waals surface area contributed by atoms with Crippen molar-refractivity contribution in [3.8, 4) is 5.75 Å². The fraction of sp³-hybridized carbons (Fsp3) is 0.167. The number of rotatable bonds is 5. The minimum absolute atomic E-state index is 0.0299. The van der Waals surface area contributed by atoms with E-state index in [1.165, 1.54) is 19.2 Å². The predicted molar refractivity (Wildman–Crippen MR) is 60.8 cm³/mol. The topological polar surface area (TPSA) is 83.8 Å². The smallest absolute Gasteiger partial charge is 0.332 e. The van der Waals surface area contributed by atoms with Crippen LogP contribution in [0.25, 0.3) is 6.08 Å². The number of carbonyl (C=O) groups is 2. The number of carboxylic acid groups (broad SMARTS) is 2. The molecule has 2 N–H and O–H groups in total. The molecule has 0 unspecified atom stereocenters. The number of carboxylic acids is 2. The lowest BCUT2D eigenvalue weighted by Crippen LogP contribution is -2.06. The van der Waals surface area contributed by atoms with Gasteiger partial charge in [-0.25, -0.2) is 9.18 Å². The summed E-state index contributed by atoms with van der Waals surface area (Å²) in [4.78, 5) is 21.3. The fourth-order valence-electron chi connectivity index (χ4n) is 1.32. The normalized spacial score (nSPS) is 11.1. The minimum Gasteiger partial charge on any atom is -0.494 e. The van der Waals surface area contributed by atoms with Gasteiger partial charge < -0.3 is 14.9 Å². The highest BCUT2D eigenvalue weighted by atomic mass is 19.1. The van der Waals surface area contributed by atoms with Gasteiger partial charge in [-0.1, -0.05) is 6.07 Å². The van der Waals surface area contributed by atoms with Gasteiger partial charge in [-0.15, -0.1) is 0 Å². The van der Waals surface area contributed by atoms with E-state index < -0.39 is 24.2 Å². The monoisotopic (exact) mass is 254 g/mol. The van der Waals surface area contributed by atoms with Crippen molar-refractivity contribution in [3.63, 3.8) is 0 Å². The van der Waals surface area contributed by atoms with Gasteiger partial charge in [0.05, 0.1) is 13.5 Å². The highest BCUT2D eigenvalue weighted by molar-refractivity contribution is 5.96. The van der Waals surface area contributed by atoms with E-state index in [9.17, 15) is 14.0 Å². The number of methoxy groups -OCH3 is 1. The van der Waals surface area contributed by atoms with Crippen LogP contribution in [0.3, 0.4) is 0 Å². The SMILES string of the molecule is COc1ccc(/C=C(\CC(=O)O)C(=O)O)cc1F. The predicted octanol–water partition coefficient (Wildman–Crippen LogP) is 1.78. The van der Waals surface area contributed by atoms with Crippen molar-refractivity contribution in [1.82, 2.24) is 0 Å². The van der Waals surface area contributed by atoms with E-state index in [4.69, 9.17) is 14.9 Å². The lowest BCUT2D eigenvalue weighted by Gasteiger charge is -2.03. The second kappa shape index (κ2) is 5.81. The molecule has 1 rings (SSSR count). The van der Waals surface area contributed by atoms with Gasteiger partial charge in [0.15, 0.2) is 11.6 Å². The molecule has 0 amide bonds. The van der Waals surface area contributed by atoms with Crippen molar-refractivity contribution in [2.24, 2.45) is 0 Å². The van der Waals surface area contributed by atoms with E-state index in [1.54, 1.807) is 0 Å². The first-order valence-electron chi connectivity index (χ1n) is 4.93. The first-order chi connectivity index (χ1) is 8.43. The van der Waals surface area contributed by atoms with E-state index in [2.05, 4.69) is 0 Å². The van der Waals surface area contributed by atoms with E-state index in [0.29, 0.717) is 0 Å². The molecule has 0 spiro atoms.